The minimum absolute atomic E-state index is 0.0326. The van der Waals surface area contributed by atoms with Crippen LogP contribution in [0, 0.1) is 6.92 Å². The highest BCUT2D eigenvalue weighted by Gasteiger charge is 2.27. The molecule has 2 heterocycles. The first-order valence-corrected chi connectivity index (χ1v) is 7.49. The summed E-state index contributed by atoms with van der Waals surface area (Å²) < 4.78 is 0. The SMILES string of the molecule is Cc1cccc(C(=O)N2CCc3cc4ccccc4nc32)c1. The summed E-state index contributed by atoms with van der Waals surface area (Å²) in [6, 6.07) is 17.9. The Labute approximate surface area is 129 Å². The van der Waals surface area contributed by atoms with E-state index in [0.29, 0.717) is 6.54 Å². The molecule has 0 saturated carbocycles. The number of aryl methyl sites for hydroxylation is 1. The largest absolute Gasteiger partial charge is 0.292 e. The first kappa shape index (κ1) is 13.0. The Hall–Kier alpha value is -2.68. The maximum absolute atomic E-state index is 12.8. The highest BCUT2D eigenvalue weighted by molar-refractivity contribution is 6.07. The first-order chi connectivity index (χ1) is 10.7. The molecule has 0 N–H and O–H groups in total. The maximum Gasteiger partial charge on any atom is 0.259 e. The van der Waals surface area contributed by atoms with Gasteiger partial charge < -0.3 is 0 Å². The van der Waals surface area contributed by atoms with Crippen molar-refractivity contribution in [3.8, 4) is 0 Å². The molecule has 4 rings (SSSR count). The van der Waals surface area contributed by atoms with Gasteiger partial charge in [-0.2, -0.15) is 0 Å². The number of hydrogen-bond acceptors (Lipinski definition) is 2. The van der Waals surface area contributed by atoms with E-state index in [0.717, 1.165) is 39.8 Å². The van der Waals surface area contributed by atoms with Gasteiger partial charge in [-0.15, -0.1) is 0 Å². The Morgan fingerprint density at radius 1 is 1.09 bits per heavy atom. The lowest BCUT2D eigenvalue weighted by atomic mass is 10.1. The van der Waals surface area contributed by atoms with Gasteiger partial charge in [0, 0.05) is 17.5 Å². The number of aromatic nitrogens is 1. The fourth-order valence-electron chi connectivity index (χ4n) is 3.04. The lowest BCUT2D eigenvalue weighted by Gasteiger charge is -2.17. The molecular weight excluding hydrogens is 272 g/mol. The van der Waals surface area contributed by atoms with Crippen molar-refractivity contribution in [3.63, 3.8) is 0 Å². The quantitative estimate of drug-likeness (QED) is 0.683. The third kappa shape index (κ3) is 2.06. The molecular formula is C19H16N2O. The van der Waals surface area contributed by atoms with Gasteiger partial charge in [-0.1, -0.05) is 35.9 Å². The fraction of sp³-hybridized carbons (Fsp3) is 0.158. The van der Waals surface area contributed by atoms with Crippen LogP contribution in [0.2, 0.25) is 0 Å². The molecule has 0 saturated heterocycles. The molecule has 108 valence electrons. The van der Waals surface area contributed by atoms with E-state index >= 15 is 0 Å². The van der Waals surface area contributed by atoms with Crippen molar-refractivity contribution in [2.75, 3.05) is 11.4 Å². The second kappa shape index (κ2) is 4.95. The second-order valence-corrected chi connectivity index (χ2v) is 5.74. The zero-order valence-corrected chi connectivity index (χ0v) is 12.4. The molecule has 1 aliphatic rings. The van der Waals surface area contributed by atoms with Gasteiger partial charge in [0.05, 0.1) is 5.52 Å². The molecule has 0 atom stereocenters. The van der Waals surface area contributed by atoms with E-state index in [-0.39, 0.29) is 5.91 Å². The van der Waals surface area contributed by atoms with Crippen LogP contribution in [0.15, 0.2) is 54.6 Å². The zero-order valence-electron chi connectivity index (χ0n) is 12.4. The highest BCUT2D eigenvalue weighted by Crippen LogP contribution is 2.30. The van der Waals surface area contributed by atoms with Crippen molar-refractivity contribution in [1.82, 2.24) is 4.98 Å². The molecule has 0 spiro atoms. The first-order valence-electron chi connectivity index (χ1n) is 7.49. The number of para-hydroxylation sites is 1. The molecule has 3 heteroatoms. The van der Waals surface area contributed by atoms with Crippen LogP contribution in [-0.2, 0) is 6.42 Å². The molecule has 1 aliphatic heterocycles. The van der Waals surface area contributed by atoms with E-state index in [9.17, 15) is 4.79 Å². The van der Waals surface area contributed by atoms with Crippen LogP contribution in [0.5, 0.6) is 0 Å². The summed E-state index contributed by atoms with van der Waals surface area (Å²) >= 11 is 0. The molecule has 2 aromatic carbocycles. The number of carbonyl (C=O) groups excluding carboxylic acids is 1. The van der Waals surface area contributed by atoms with Crippen molar-refractivity contribution in [2.45, 2.75) is 13.3 Å². The molecule has 1 aromatic heterocycles. The normalized spacial score (nSPS) is 13.4. The van der Waals surface area contributed by atoms with Gasteiger partial charge in [-0.25, -0.2) is 4.98 Å². The number of pyridine rings is 1. The van der Waals surface area contributed by atoms with Crippen molar-refractivity contribution in [1.29, 1.82) is 0 Å². The summed E-state index contributed by atoms with van der Waals surface area (Å²) in [5, 5.41) is 1.13. The number of nitrogens with zero attached hydrogens (tertiary/aromatic N) is 2. The minimum atomic E-state index is 0.0326. The lowest BCUT2D eigenvalue weighted by molar-refractivity contribution is 0.0988. The minimum Gasteiger partial charge on any atom is -0.292 e. The van der Waals surface area contributed by atoms with Crippen molar-refractivity contribution >= 4 is 22.6 Å². The van der Waals surface area contributed by atoms with Gasteiger partial charge in [0.15, 0.2) is 0 Å². The monoisotopic (exact) mass is 288 g/mol. The summed E-state index contributed by atoms with van der Waals surface area (Å²) in [7, 11) is 0. The van der Waals surface area contributed by atoms with E-state index in [4.69, 9.17) is 4.98 Å². The predicted molar refractivity (Wildman–Crippen MR) is 88.3 cm³/mol. The molecule has 1 amide bonds. The van der Waals surface area contributed by atoms with Gasteiger partial charge in [-0.05, 0) is 43.2 Å². The molecule has 0 fully saturated rings. The molecule has 3 aromatic rings. The van der Waals surface area contributed by atoms with Crippen LogP contribution >= 0.6 is 0 Å². The molecule has 0 radical (unpaired) electrons. The standard InChI is InChI=1S/C19H16N2O/c1-13-5-4-7-16(11-13)19(22)21-10-9-15-12-14-6-2-3-8-17(14)20-18(15)21/h2-8,11-12H,9-10H2,1H3. The third-order valence-electron chi connectivity index (χ3n) is 4.15. The molecule has 0 aliphatic carbocycles. The van der Waals surface area contributed by atoms with Crippen molar-refractivity contribution in [3.05, 3.63) is 71.3 Å². The Balaban J connectivity index is 1.78. The summed E-state index contributed by atoms with van der Waals surface area (Å²) in [5.41, 5.74) is 3.91. The van der Waals surface area contributed by atoms with Crippen LogP contribution in [0.25, 0.3) is 10.9 Å². The number of fused-ring (bicyclic) bond motifs is 2. The number of anilines is 1. The molecule has 0 bridgehead atoms. The molecule has 0 unspecified atom stereocenters. The second-order valence-electron chi connectivity index (χ2n) is 5.74. The van der Waals surface area contributed by atoms with Crippen LogP contribution in [0.3, 0.4) is 0 Å². The molecule has 22 heavy (non-hydrogen) atoms. The molecule has 3 nitrogen and oxygen atoms in total. The summed E-state index contributed by atoms with van der Waals surface area (Å²) in [5.74, 6) is 0.843. The fourth-order valence-corrected chi connectivity index (χ4v) is 3.04. The van der Waals surface area contributed by atoms with Crippen LogP contribution in [0.4, 0.5) is 5.82 Å². The Morgan fingerprint density at radius 3 is 2.82 bits per heavy atom. The summed E-state index contributed by atoms with van der Waals surface area (Å²) in [6.45, 7) is 2.70. The van der Waals surface area contributed by atoms with Crippen LogP contribution < -0.4 is 4.90 Å². The van der Waals surface area contributed by atoms with E-state index in [1.54, 1.807) is 4.90 Å². The van der Waals surface area contributed by atoms with E-state index in [2.05, 4.69) is 12.1 Å². The highest BCUT2D eigenvalue weighted by atomic mass is 16.2. The van der Waals surface area contributed by atoms with Gasteiger partial charge in [0.2, 0.25) is 0 Å². The summed E-state index contributed by atoms with van der Waals surface area (Å²) in [4.78, 5) is 19.3. The van der Waals surface area contributed by atoms with Crippen LogP contribution in [0.1, 0.15) is 21.5 Å². The van der Waals surface area contributed by atoms with E-state index in [1.807, 2.05) is 49.4 Å². The van der Waals surface area contributed by atoms with Gasteiger partial charge >= 0.3 is 0 Å². The average molecular weight is 288 g/mol. The predicted octanol–water partition coefficient (Wildman–Crippen LogP) is 3.75. The number of carbonyl (C=O) groups is 1. The third-order valence-corrected chi connectivity index (χ3v) is 4.15. The average Bonchev–Trinajstić information content (AvgIpc) is 2.94. The van der Waals surface area contributed by atoms with Gasteiger partial charge in [-0.3, -0.25) is 9.69 Å². The zero-order chi connectivity index (χ0) is 15.1. The lowest BCUT2D eigenvalue weighted by Crippen LogP contribution is -2.29. The number of amides is 1. The van der Waals surface area contributed by atoms with Crippen LogP contribution in [-0.4, -0.2) is 17.4 Å². The number of rotatable bonds is 1. The van der Waals surface area contributed by atoms with E-state index < -0.39 is 0 Å². The van der Waals surface area contributed by atoms with Crippen molar-refractivity contribution in [2.24, 2.45) is 0 Å². The maximum atomic E-state index is 12.8. The number of hydrogen-bond donors (Lipinski definition) is 0. The topological polar surface area (TPSA) is 33.2 Å². The van der Waals surface area contributed by atoms with Gasteiger partial charge in [0.1, 0.15) is 5.82 Å². The number of benzene rings is 2. The van der Waals surface area contributed by atoms with E-state index in [1.165, 1.54) is 0 Å². The Morgan fingerprint density at radius 2 is 1.95 bits per heavy atom. The Bertz CT molecular complexity index is 885. The van der Waals surface area contributed by atoms with Crippen molar-refractivity contribution < 1.29 is 4.79 Å². The summed E-state index contributed by atoms with van der Waals surface area (Å²) in [6.07, 6.45) is 0.866. The van der Waals surface area contributed by atoms with Gasteiger partial charge in [0.25, 0.3) is 5.91 Å². The Kier molecular flexibility index (Phi) is 2.93. The smallest absolute Gasteiger partial charge is 0.259 e.